The van der Waals surface area contributed by atoms with Crippen LogP contribution < -0.4 is 5.32 Å². The Kier molecular flexibility index (Phi) is 7.05. The molecule has 1 aromatic rings. The fraction of sp³-hybridized carbons (Fsp3) is 0.333. The van der Waals surface area contributed by atoms with Crippen LogP contribution in [0.25, 0.3) is 6.08 Å². The van der Waals surface area contributed by atoms with Crippen LogP contribution >= 0.6 is 0 Å². The van der Waals surface area contributed by atoms with Gasteiger partial charge < -0.3 is 10.1 Å². The average molecular weight is 311 g/mol. The number of carbonyl (C=O) groups excluding carboxylic acids is 1. The minimum absolute atomic E-state index is 0.110. The summed E-state index contributed by atoms with van der Waals surface area (Å²) in [6, 6.07) is 11.7. The van der Waals surface area contributed by atoms with E-state index in [2.05, 4.69) is 10.2 Å². The monoisotopic (exact) mass is 311 g/mol. The second kappa shape index (κ2) is 9.57. The second-order valence-electron chi connectivity index (χ2n) is 5.17. The molecular formula is C18H21N3O2. The molecule has 1 aliphatic rings. The van der Waals surface area contributed by atoms with Crippen molar-refractivity contribution >= 4 is 12.0 Å². The van der Waals surface area contributed by atoms with Gasteiger partial charge in [0.25, 0.3) is 5.91 Å². The lowest BCUT2D eigenvalue weighted by Crippen LogP contribution is -2.41. The Hall–Kier alpha value is -2.42. The first-order valence-corrected chi connectivity index (χ1v) is 7.71. The van der Waals surface area contributed by atoms with Crippen molar-refractivity contribution in [1.82, 2.24) is 10.2 Å². The normalized spacial score (nSPS) is 16.2. The molecule has 1 amide bonds. The van der Waals surface area contributed by atoms with E-state index in [9.17, 15) is 4.79 Å². The molecule has 120 valence electrons. The van der Waals surface area contributed by atoms with E-state index in [0.29, 0.717) is 6.54 Å². The number of rotatable bonds is 6. The highest BCUT2D eigenvalue weighted by molar-refractivity contribution is 5.97. The quantitative estimate of drug-likeness (QED) is 0.492. The lowest BCUT2D eigenvalue weighted by Gasteiger charge is -2.26. The van der Waals surface area contributed by atoms with Crippen LogP contribution in [-0.4, -0.2) is 50.2 Å². The molecule has 1 heterocycles. The molecule has 23 heavy (non-hydrogen) atoms. The van der Waals surface area contributed by atoms with Gasteiger partial charge in [-0.1, -0.05) is 42.5 Å². The summed E-state index contributed by atoms with van der Waals surface area (Å²) in [5, 5.41) is 11.9. The average Bonchev–Trinajstić information content (AvgIpc) is 2.60. The maximum Gasteiger partial charge on any atom is 0.261 e. The Morgan fingerprint density at radius 3 is 2.74 bits per heavy atom. The Morgan fingerprint density at radius 2 is 2.04 bits per heavy atom. The molecule has 0 unspecified atom stereocenters. The molecule has 0 aromatic heterocycles. The fourth-order valence-corrected chi connectivity index (χ4v) is 2.23. The summed E-state index contributed by atoms with van der Waals surface area (Å²) in [6.45, 7) is 4.55. The number of carbonyl (C=O) groups is 1. The van der Waals surface area contributed by atoms with Crippen LogP contribution in [0.4, 0.5) is 0 Å². The maximum absolute atomic E-state index is 12.0. The molecule has 5 nitrogen and oxygen atoms in total. The van der Waals surface area contributed by atoms with E-state index in [0.717, 1.165) is 38.4 Å². The Labute approximate surface area is 136 Å². The van der Waals surface area contributed by atoms with E-state index >= 15 is 0 Å². The van der Waals surface area contributed by atoms with Crippen molar-refractivity contribution in [2.24, 2.45) is 0 Å². The Balaban J connectivity index is 1.79. The van der Waals surface area contributed by atoms with Crippen LogP contribution in [0, 0.1) is 11.3 Å². The topological polar surface area (TPSA) is 65.4 Å². The van der Waals surface area contributed by atoms with E-state index in [1.165, 1.54) is 6.08 Å². The van der Waals surface area contributed by atoms with Gasteiger partial charge in [-0.25, -0.2) is 0 Å². The number of benzene rings is 1. The molecule has 0 aliphatic carbocycles. The first kappa shape index (κ1) is 16.9. The lowest BCUT2D eigenvalue weighted by atomic mass is 10.2. The molecule has 0 atom stereocenters. The number of nitrogens with one attached hydrogen (secondary N) is 1. The number of amides is 1. The zero-order valence-electron chi connectivity index (χ0n) is 13.1. The van der Waals surface area contributed by atoms with E-state index in [4.69, 9.17) is 10.00 Å². The first-order valence-electron chi connectivity index (χ1n) is 7.71. The summed E-state index contributed by atoms with van der Waals surface area (Å²) in [7, 11) is 0. The van der Waals surface area contributed by atoms with E-state index in [-0.39, 0.29) is 11.5 Å². The zero-order valence-corrected chi connectivity index (χ0v) is 13.1. The van der Waals surface area contributed by atoms with Crippen LogP contribution in [0.15, 0.2) is 48.1 Å². The van der Waals surface area contributed by atoms with Crippen LogP contribution in [0.2, 0.25) is 0 Å². The molecule has 1 aliphatic heterocycles. The highest BCUT2D eigenvalue weighted by Gasteiger charge is 2.11. The fourth-order valence-electron chi connectivity index (χ4n) is 2.23. The lowest BCUT2D eigenvalue weighted by molar-refractivity contribution is -0.117. The first-order chi connectivity index (χ1) is 11.3. The molecule has 1 fully saturated rings. The third kappa shape index (κ3) is 6.07. The minimum Gasteiger partial charge on any atom is -0.379 e. The number of allylic oxidation sites excluding steroid dienone is 2. The van der Waals surface area contributed by atoms with Gasteiger partial charge in [0.15, 0.2) is 0 Å². The summed E-state index contributed by atoms with van der Waals surface area (Å²) in [6.07, 6.45) is 5.12. The van der Waals surface area contributed by atoms with Crippen LogP contribution in [-0.2, 0) is 9.53 Å². The van der Waals surface area contributed by atoms with Gasteiger partial charge in [0.2, 0.25) is 0 Å². The summed E-state index contributed by atoms with van der Waals surface area (Å²) < 4.78 is 5.27. The van der Waals surface area contributed by atoms with Gasteiger partial charge in [-0.2, -0.15) is 5.26 Å². The number of hydrogen-bond donors (Lipinski definition) is 1. The molecule has 0 radical (unpaired) electrons. The molecule has 0 saturated carbocycles. The third-order valence-electron chi connectivity index (χ3n) is 3.53. The molecule has 1 aromatic carbocycles. The zero-order chi connectivity index (χ0) is 16.3. The van der Waals surface area contributed by atoms with E-state index in [1.54, 1.807) is 6.08 Å². The highest BCUT2D eigenvalue weighted by atomic mass is 16.5. The summed E-state index contributed by atoms with van der Waals surface area (Å²) in [4.78, 5) is 14.2. The number of hydrogen-bond acceptors (Lipinski definition) is 4. The summed E-state index contributed by atoms with van der Waals surface area (Å²) in [5.41, 5.74) is 1.13. The maximum atomic E-state index is 12.0. The smallest absolute Gasteiger partial charge is 0.261 e. The van der Waals surface area contributed by atoms with Crippen LogP contribution in [0.1, 0.15) is 5.56 Å². The van der Waals surface area contributed by atoms with Crippen molar-refractivity contribution in [2.45, 2.75) is 0 Å². The number of morpholine rings is 1. The molecule has 1 N–H and O–H groups in total. The van der Waals surface area contributed by atoms with Gasteiger partial charge in [-0.15, -0.1) is 0 Å². The predicted molar refractivity (Wildman–Crippen MR) is 89.4 cm³/mol. The SMILES string of the molecule is N#C/C(=C\C=C\c1ccccc1)C(=O)NCCN1CCOCC1. The van der Waals surface area contributed by atoms with Gasteiger partial charge in [-0.05, 0) is 11.6 Å². The number of nitriles is 1. The molecule has 1 saturated heterocycles. The molecular weight excluding hydrogens is 290 g/mol. The highest BCUT2D eigenvalue weighted by Crippen LogP contribution is 2.02. The number of ether oxygens (including phenoxy) is 1. The van der Waals surface area contributed by atoms with Crippen LogP contribution in [0.3, 0.4) is 0 Å². The number of nitrogens with zero attached hydrogens (tertiary/aromatic N) is 2. The molecule has 2 rings (SSSR count). The molecule has 0 bridgehead atoms. The van der Waals surface area contributed by atoms with Crippen LogP contribution in [0.5, 0.6) is 0 Å². The predicted octanol–water partition coefficient (Wildman–Crippen LogP) is 1.60. The standard InChI is InChI=1S/C18H21N3O2/c19-15-17(8-4-7-16-5-2-1-3-6-16)18(22)20-9-10-21-11-13-23-14-12-21/h1-8H,9-14H2,(H,20,22)/b7-4+,17-8+. The summed E-state index contributed by atoms with van der Waals surface area (Å²) in [5.74, 6) is -0.335. The van der Waals surface area contributed by atoms with Gasteiger partial charge >= 0.3 is 0 Å². The van der Waals surface area contributed by atoms with Gasteiger partial charge in [0.1, 0.15) is 11.6 Å². The van der Waals surface area contributed by atoms with Gasteiger partial charge in [-0.3, -0.25) is 9.69 Å². The van der Waals surface area contributed by atoms with Crippen molar-refractivity contribution in [3.8, 4) is 6.07 Å². The van der Waals surface area contributed by atoms with Gasteiger partial charge in [0.05, 0.1) is 13.2 Å². The molecule has 5 heteroatoms. The van der Waals surface area contributed by atoms with E-state index in [1.807, 2.05) is 42.5 Å². The third-order valence-corrected chi connectivity index (χ3v) is 3.53. The van der Waals surface area contributed by atoms with Crippen molar-refractivity contribution in [3.63, 3.8) is 0 Å². The summed E-state index contributed by atoms with van der Waals surface area (Å²) >= 11 is 0. The minimum atomic E-state index is -0.335. The van der Waals surface area contributed by atoms with Crippen molar-refractivity contribution < 1.29 is 9.53 Å². The second-order valence-corrected chi connectivity index (χ2v) is 5.17. The van der Waals surface area contributed by atoms with Gasteiger partial charge in [0, 0.05) is 26.2 Å². The molecule has 0 spiro atoms. The van der Waals surface area contributed by atoms with Crippen molar-refractivity contribution in [1.29, 1.82) is 5.26 Å². The van der Waals surface area contributed by atoms with Crippen molar-refractivity contribution in [2.75, 3.05) is 39.4 Å². The Morgan fingerprint density at radius 1 is 1.30 bits per heavy atom. The van der Waals surface area contributed by atoms with E-state index < -0.39 is 0 Å². The Bertz CT molecular complexity index is 596. The van der Waals surface area contributed by atoms with Crippen molar-refractivity contribution in [3.05, 3.63) is 53.6 Å². The largest absolute Gasteiger partial charge is 0.379 e.